The average Bonchev–Trinajstić information content (AvgIpc) is 3.27. The zero-order chi connectivity index (χ0) is 18.1. The van der Waals surface area contributed by atoms with Gasteiger partial charge in [-0.05, 0) is 12.1 Å². The largest absolute Gasteiger partial charge is 0.494 e. The molecule has 9 heteroatoms. The number of para-hydroxylation sites is 1. The molecule has 1 aromatic carbocycles. The molecule has 0 spiro atoms. The number of aliphatic imine (C=N–C) groups is 1. The Labute approximate surface area is 150 Å². The molecule has 9 nitrogen and oxygen atoms in total. The summed E-state index contributed by atoms with van der Waals surface area (Å²) in [6.07, 6.45) is 2.82. The molecule has 136 valence electrons. The van der Waals surface area contributed by atoms with Gasteiger partial charge in [-0.1, -0.05) is 6.07 Å². The number of fused-ring (bicyclic) bond motifs is 3. The van der Waals surface area contributed by atoms with Crippen LogP contribution in [0.25, 0.3) is 10.9 Å². The van der Waals surface area contributed by atoms with E-state index in [-0.39, 0.29) is 11.8 Å². The smallest absolute Gasteiger partial charge is 0.243 e. The van der Waals surface area contributed by atoms with Crippen molar-refractivity contribution < 1.29 is 4.74 Å². The fourth-order valence-electron chi connectivity index (χ4n) is 3.47. The van der Waals surface area contributed by atoms with Crippen LogP contribution < -0.4 is 21.1 Å². The van der Waals surface area contributed by atoms with Crippen LogP contribution in [0.5, 0.6) is 5.75 Å². The van der Waals surface area contributed by atoms with Crippen molar-refractivity contribution in [1.82, 2.24) is 14.6 Å². The standard InChI is InChI=1S/C17H22N8O/c1-26-12-4-2-3-11-15(12)22-17(19)25-16(11)21-13(23-25)6-9-24-10-8-20-14(24)5-7-18/h2-4,7,13,18-19,21,23H,5-6,8-10H2,1H3. The van der Waals surface area contributed by atoms with Crippen molar-refractivity contribution in [1.29, 1.82) is 10.8 Å². The van der Waals surface area contributed by atoms with E-state index in [4.69, 9.17) is 15.6 Å². The van der Waals surface area contributed by atoms with Gasteiger partial charge < -0.3 is 20.4 Å². The van der Waals surface area contributed by atoms with Gasteiger partial charge in [-0.25, -0.2) is 9.66 Å². The minimum absolute atomic E-state index is 0.000433. The minimum atomic E-state index is -0.000433. The first-order chi connectivity index (χ1) is 12.7. The van der Waals surface area contributed by atoms with Gasteiger partial charge in [0, 0.05) is 37.5 Å². The van der Waals surface area contributed by atoms with Crippen LogP contribution in [0.3, 0.4) is 0 Å². The quantitative estimate of drug-likeness (QED) is 0.577. The number of ether oxygens (including phenoxy) is 1. The Morgan fingerprint density at radius 2 is 2.31 bits per heavy atom. The molecule has 0 aliphatic carbocycles. The number of nitrogens with zero attached hydrogens (tertiary/aromatic N) is 4. The topological polar surface area (TPSA) is 114 Å². The van der Waals surface area contributed by atoms with Gasteiger partial charge >= 0.3 is 0 Å². The lowest BCUT2D eigenvalue weighted by molar-refractivity contribution is 0.418. The van der Waals surface area contributed by atoms with E-state index in [1.165, 1.54) is 6.21 Å². The highest BCUT2D eigenvalue weighted by Gasteiger charge is 2.25. The molecule has 0 saturated heterocycles. The molecule has 1 unspecified atom stereocenters. The molecule has 2 aliphatic rings. The number of anilines is 1. The van der Waals surface area contributed by atoms with E-state index in [9.17, 15) is 0 Å². The van der Waals surface area contributed by atoms with Crippen molar-refractivity contribution in [2.75, 3.05) is 37.5 Å². The number of hydrogen-bond donors (Lipinski definition) is 4. The van der Waals surface area contributed by atoms with Gasteiger partial charge in [-0.3, -0.25) is 15.8 Å². The summed E-state index contributed by atoms with van der Waals surface area (Å²) >= 11 is 0. The lowest BCUT2D eigenvalue weighted by Crippen LogP contribution is -2.36. The number of aromatic nitrogens is 2. The molecule has 4 N–H and O–H groups in total. The van der Waals surface area contributed by atoms with Crippen LogP contribution in [0.4, 0.5) is 5.82 Å². The molecule has 3 heterocycles. The zero-order valence-corrected chi connectivity index (χ0v) is 14.6. The van der Waals surface area contributed by atoms with Gasteiger partial charge in [0.1, 0.15) is 29.1 Å². The highest BCUT2D eigenvalue weighted by atomic mass is 16.5. The van der Waals surface area contributed by atoms with Crippen molar-refractivity contribution in [3.05, 3.63) is 23.8 Å². The van der Waals surface area contributed by atoms with Crippen LogP contribution >= 0.6 is 0 Å². The summed E-state index contributed by atoms with van der Waals surface area (Å²) in [4.78, 5) is 11.1. The van der Waals surface area contributed by atoms with E-state index in [2.05, 4.69) is 25.6 Å². The van der Waals surface area contributed by atoms with Crippen LogP contribution in [0.15, 0.2) is 23.2 Å². The average molecular weight is 354 g/mol. The molecular formula is C17H22N8O. The predicted molar refractivity (Wildman–Crippen MR) is 101 cm³/mol. The molecule has 1 aromatic heterocycles. The third-order valence-electron chi connectivity index (χ3n) is 4.72. The van der Waals surface area contributed by atoms with Crippen molar-refractivity contribution >= 4 is 28.8 Å². The van der Waals surface area contributed by atoms with E-state index in [0.717, 1.165) is 43.1 Å². The predicted octanol–water partition coefficient (Wildman–Crippen LogP) is 0.963. The Balaban J connectivity index is 1.53. The van der Waals surface area contributed by atoms with E-state index in [1.807, 2.05) is 18.2 Å². The fourth-order valence-corrected chi connectivity index (χ4v) is 3.47. The third kappa shape index (κ3) is 2.75. The van der Waals surface area contributed by atoms with Crippen molar-refractivity contribution in [2.45, 2.75) is 19.0 Å². The normalized spacial score (nSPS) is 18.3. The van der Waals surface area contributed by atoms with Gasteiger partial charge in [0.05, 0.1) is 13.7 Å². The molecule has 2 aliphatic heterocycles. The number of amidine groups is 1. The Kier molecular flexibility index (Phi) is 4.19. The number of methoxy groups -OCH3 is 1. The molecule has 4 rings (SSSR count). The molecule has 0 amide bonds. The Morgan fingerprint density at radius 3 is 3.12 bits per heavy atom. The first kappa shape index (κ1) is 16.4. The summed E-state index contributed by atoms with van der Waals surface area (Å²) in [6, 6.07) is 5.75. The monoisotopic (exact) mass is 354 g/mol. The fraction of sp³-hybridized carbons (Fsp3) is 0.412. The van der Waals surface area contributed by atoms with Crippen molar-refractivity contribution in [2.24, 2.45) is 4.99 Å². The zero-order valence-electron chi connectivity index (χ0n) is 14.6. The maximum absolute atomic E-state index is 8.22. The molecule has 0 saturated carbocycles. The van der Waals surface area contributed by atoms with Gasteiger partial charge in [0.25, 0.3) is 0 Å². The second-order valence-electron chi connectivity index (χ2n) is 6.28. The molecule has 0 fully saturated rings. The minimum Gasteiger partial charge on any atom is -0.494 e. The van der Waals surface area contributed by atoms with E-state index in [1.54, 1.807) is 11.8 Å². The van der Waals surface area contributed by atoms with Crippen molar-refractivity contribution in [3.8, 4) is 5.75 Å². The van der Waals surface area contributed by atoms with Crippen LogP contribution in [0.1, 0.15) is 12.8 Å². The SMILES string of the molecule is COc1cccc2c3n(c(=N)nc12)NC(CCN1CCN=C1CC=N)N3. The van der Waals surface area contributed by atoms with Crippen LogP contribution in [-0.2, 0) is 0 Å². The molecule has 0 radical (unpaired) electrons. The molecule has 26 heavy (non-hydrogen) atoms. The first-order valence-corrected chi connectivity index (χ1v) is 8.66. The Hall–Kier alpha value is -3.10. The number of benzene rings is 1. The second-order valence-corrected chi connectivity index (χ2v) is 6.28. The highest BCUT2D eigenvalue weighted by molar-refractivity contribution is 5.94. The number of hydrogen-bond acceptors (Lipinski definition) is 8. The summed E-state index contributed by atoms with van der Waals surface area (Å²) in [5.74, 6) is 2.48. The summed E-state index contributed by atoms with van der Waals surface area (Å²) in [5, 5.41) is 19.9. The molecule has 0 bridgehead atoms. The van der Waals surface area contributed by atoms with Crippen LogP contribution in [-0.4, -0.2) is 59.5 Å². The van der Waals surface area contributed by atoms with Gasteiger partial charge in [0.15, 0.2) is 0 Å². The summed E-state index contributed by atoms with van der Waals surface area (Å²) < 4.78 is 7.06. The number of nitrogens with one attached hydrogen (secondary N) is 4. The lowest BCUT2D eigenvalue weighted by atomic mass is 10.2. The lowest BCUT2D eigenvalue weighted by Gasteiger charge is -2.21. The van der Waals surface area contributed by atoms with E-state index in [0.29, 0.717) is 17.7 Å². The molecule has 1 atom stereocenters. The maximum Gasteiger partial charge on any atom is 0.243 e. The van der Waals surface area contributed by atoms with Crippen molar-refractivity contribution in [3.63, 3.8) is 0 Å². The molecule has 2 aromatic rings. The maximum atomic E-state index is 8.22. The Bertz CT molecular complexity index is 934. The summed E-state index contributed by atoms with van der Waals surface area (Å²) in [6.45, 7) is 2.55. The summed E-state index contributed by atoms with van der Waals surface area (Å²) in [5.41, 5.74) is 4.13. The summed E-state index contributed by atoms with van der Waals surface area (Å²) in [7, 11) is 1.61. The number of rotatable bonds is 6. The van der Waals surface area contributed by atoms with Crippen LogP contribution in [0.2, 0.25) is 0 Å². The van der Waals surface area contributed by atoms with E-state index < -0.39 is 0 Å². The second kappa shape index (κ2) is 6.66. The van der Waals surface area contributed by atoms with Crippen LogP contribution in [0, 0.1) is 10.8 Å². The molecular weight excluding hydrogens is 332 g/mol. The first-order valence-electron chi connectivity index (χ1n) is 8.66. The Morgan fingerprint density at radius 1 is 1.42 bits per heavy atom. The van der Waals surface area contributed by atoms with E-state index >= 15 is 0 Å². The van der Waals surface area contributed by atoms with Gasteiger partial charge in [-0.2, -0.15) is 0 Å². The van der Waals surface area contributed by atoms with Gasteiger partial charge in [0.2, 0.25) is 5.62 Å². The highest BCUT2D eigenvalue weighted by Crippen LogP contribution is 2.29. The third-order valence-corrected chi connectivity index (χ3v) is 4.72. The van der Waals surface area contributed by atoms with Gasteiger partial charge in [-0.15, -0.1) is 0 Å².